The zero-order valence-corrected chi connectivity index (χ0v) is 15.8. The SMILES string of the molecule is Cc1nc(C(=O)N2CCC[C@H](C)[C@H]2CNC(=O)O)c(-c2ccccc2)s1. The number of benzene rings is 1. The van der Waals surface area contributed by atoms with E-state index in [1.54, 1.807) is 4.90 Å². The quantitative estimate of drug-likeness (QED) is 0.857. The van der Waals surface area contributed by atoms with Gasteiger partial charge in [0.1, 0.15) is 5.69 Å². The highest BCUT2D eigenvalue weighted by molar-refractivity contribution is 7.15. The van der Waals surface area contributed by atoms with Crippen molar-refractivity contribution in [3.63, 3.8) is 0 Å². The summed E-state index contributed by atoms with van der Waals surface area (Å²) in [4.78, 5) is 31.4. The van der Waals surface area contributed by atoms with Crippen LogP contribution in [0, 0.1) is 12.8 Å². The van der Waals surface area contributed by atoms with Crippen molar-refractivity contribution in [1.29, 1.82) is 0 Å². The number of carbonyl (C=O) groups excluding carboxylic acids is 1. The van der Waals surface area contributed by atoms with Gasteiger partial charge in [-0.3, -0.25) is 4.79 Å². The third kappa shape index (κ3) is 3.88. The summed E-state index contributed by atoms with van der Waals surface area (Å²) in [6.07, 6.45) is 0.835. The van der Waals surface area contributed by atoms with Crippen LogP contribution in [0.25, 0.3) is 10.4 Å². The number of hydrogen-bond acceptors (Lipinski definition) is 4. The van der Waals surface area contributed by atoms with Crippen molar-refractivity contribution >= 4 is 23.3 Å². The number of hydrogen-bond donors (Lipinski definition) is 2. The van der Waals surface area contributed by atoms with E-state index in [9.17, 15) is 9.59 Å². The van der Waals surface area contributed by atoms with Crippen molar-refractivity contribution in [2.75, 3.05) is 13.1 Å². The Kier molecular flexibility index (Phi) is 5.56. The van der Waals surface area contributed by atoms with Crippen molar-refractivity contribution < 1.29 is 14.7 Å². The third-order valence-corrected chi connectivity index (χ3v) is 5.83. The molecule has 1 saturated heterocycles. The number of amides is 2. The Morgan fingerprint density at radius 2 is 2.08 bits per heavy atom. The van der Waals surface area contributed by atoms with E-state index in [2.05, 4.69) is 17.2 Å². The largest absolute Gasteiger partial charge is 0.465 e. The lowest BCUT2D eigenvalue weighted by Gasteiger charge is -2.39. The molecular weight excluding hydrogens is 350 g/mol. The zero-order chi connectivity index (χ0) is 18.7. The second-order valence-electron chi connectivity index (χ2n) is 6.65. The molecule has 0 radical (unpaired) electrons. The number of carboxylic acid groups (broad SMARTS) is 1. The smallest absolute Gasteiger partial charge is 0.404 e. The number of likely N-dealkylation sites (tertiary alicyclic amines) is 1. The summed E-state index contributed by atoms with van der Waals surface area (Å²) in [6, 6.07) is 9.64. The van der Waals surface area contributed by atoms with Gasteiger partial charge in [0.05, 0.1) is 15.9 Å². The minimum Gasteiger partial charge on any atom is -0.465 e. The van der Waals surface area contributed by atoms with Crippen molar-refractivity contribution in [3.8, 4) is 10.4 Å². The molecule has 3 rings (SSSR count). The lowest BCUT2D eigenvalue weighted by Crippen LogP contribution is -2.53. The van der Waals surface area contributed by atoms with Crippen LogP contribution in [0.3, 0.4) is 0 Å². The van der Waals surface area contributed by atoms with Crippen LogP contribution in [-0.4, -0.2) is 46.1 Å². The van der Waals surface area contributed by atoms with Crippen molar-refractivity contribution in [2.24, 2.45) is 5.92 Å². The second kappa shape index (κ2) is 7.86. The van der Waals surface area contributed by atoms with E-state index in [-0.39, 0.29) is 24.4 Å². The maximum Gasteiger partial charge on any atom is 0.404 e. The highest BCUT2D eigenvalue weighted by atomic mass is 32.1. The van der Waals surface area contributed by atoms with Crippen LogP contribution in [0.4, 0.5) is 4.79 Å². The van der Waals surface area contributed by atoms with Crippen LogP contribution in [0.15, 0.2) is 30.3 Å². The fraction of sp³-hybridized carbons (Fsp3) is 0.421. The van der Waals surface area contributed by atoms with E-state index < -0.39 is 6.09 Å². The molecule has 0 spiro atoms. The Labute approximate surface area is 156 Å². The minimum atomic E-state index is -1.07. The van der Waals surface area contributed by atoms with Gasteiger partial charge < -0.3 is 15.3 Å². The molecule has 1 aromatic heterocycles. The lowest BCUT2D eigenvalue weighted by molar-refractivity contribution is 0.0510. The minimum absolute atomic E-state index is 0.114. The highest BCUT2D eigenvalue weighted by Gasteiger charge is 2.34. The Hall–Kier alpha value is -2.41. The lowest BCUT2D eigenvalue weighted by atomic mass is 9.90. The predicted octanol–water partition coefficient (Wildman–Crippen LogP) is 3.63. The number of aryl methyl sites for hydroxylation is 1. The molecule has 6 nitrogen and oxygen atoms in total. The Bertz CT molecular complexity index is 791. The van der Waals surface area contributed by atoms with E-state index >= 15 is 0 Å². The molecular formula is C19H23N3O3S. The average molecular weight is 373 g/mol. The molecule has 2 heterocycles. The third-order valence-electron chi connectivity index (χ3n) is 4.81. The van der Waals surface area contributed by atoms with Crippen LogP contribution < -0.4 is 5.32 Å². The number of thiazole rings is 1. The molecule has 138 valence electrons. The first-order valence-corrected chi connectivity index (χ1v) is 9.59. The van der Waals surface area contributed by atoms with Gasteiger partial charge in [-0.15, -0.1) is 11.3 Å². The summed E-state index contributed by atoms with van der Waals surface area (Å²) < 4.78 is 0. The number of rotatable bonds is 4. The van der Waals surface area contributed by atoms with Gasteiger partial charge in [-0.05, 0) is 31.2 Å². The van der Waals surface area contributed by atoms with Crippen molar-refractivity contribution in [3.05, 3.63) is 41.0 Å². The molecule has 1 fully saturated rings. The van der Waals surface area contributed by atoms with E-state index in [1.807, 2.05) is 37.3 Å². The second-order valence-corrected chi connectivity index (χ2v) is 7.85. The van der Waals surface area contributed by atoms with Crippen LogP contribution >= 0.6 is 11.3 Å². The molecule has 0 aliphatic carbocycles. The molecule has 0 saturated carbocycles. The number of aromatic nitrogens is 1. The fourth-order valence-corrected chi connectivity index (χ4v) is 4.41. The van der Waals surface area contributed by atoms with Crippen LogP contribution in [0.1, 0.15) is 35.3 Å². The van der Waals surface area contributed by atoms with Gasteiger partial charge in [0.15, 0.2) is 0 Å². The van der Waals surface area contributed by atoms with Crippen LogP contribution in [0.5, 0.6) is 0 Å². The molecule has 26 heavy (non-hydrogen) atoms. The summed E-state index contributed by atoms with van der Waals surface area (Å²) in [7, 11) is 0. The van der Waals surface area contributed by atoms with Crippen molar-refractivity contribution in [1.82, 2.24) is 15.2 Å². The first-order chi connectivity index (χ1) is 12.5. The van der Waals surface area contributed by atoms with E-state index in [0.717, 1.165) is 28.3 Å². The summed E-state index contributed by atoms with van der Waals surface area (Å²) in [5.74, 6) is 0.122. The maximum atomic E-state index is 13.3. The van der Waals surface area contributed by atoms with Gasteiger partial charge in [-0.1, -0.05) is 37.3 Å². The summed E-state index contributed by atoms with van der Waals surface area (Å²) in [5.41, 5.74) is 1.44. The average Bonchev–Trinajstić information content (AvgIpc) is 3.02. The van der Waals surface area contributed by atoms with Crippen molar-refractivity contribution in [2.45, 2.75) is 32.7 Å². The highest BCUT2D eigenvalue weighted by Crippen LogP contribution is 2.33. The van der Waals surface area contributed by atoms with E-state index in [0.29, 0.717) is 12.2 Å². The Morgan fingerprint density at radius 3 is 2.77 bits per heavy atom. The number of nitrogens with zero attached hydrogens (tertiary/aromatic N) is 2. The molecule has 2 atom stereocenters. The molecule has 1 aliphatic rings. The Balaban J connectivity index is 1.91. The summed E-state index contributed by atoms with van der Waals surface area (Å²) >= 11 is 1.51. The number of carbonyl (C=O) groups is 2. The molecule has 7 heteroatoms. The fourth-order valence-electron chi connectivity index (χ4n) is 3.50. The normalized spacial score (nSPS) is 20.0. The number of nitrogens with one attached hydrogen (secondary N) is 1. The molecule has 0 unspecified atom stereocenters. The van der Waals surface area contributed by atoms with E-state index in [4.69, 9.17) is 5.11 Å². The summed E-state index contributed by atoms with van der Waals surface area (Å²) in [6.45, 7) is 4.83. The maximum absolute atomic E-state index is 13.3. The molecule has 1 aliphatic heterocycles. The standard InChI is InChI=1S/C19H23N3O3S/c1-12-7-6-10-22(15(12)11-20-19(24)25)18(23)16-17(26-13(2)21-16)14-8-4-3-5-9-14/h3-5,8-9,12,15,20H,6-7,10-11H2,1-2H3,(H,24,25)/t12-,15+/m0/s1. The van der Waals surface area contributed by atoms with Gasteiger partial charge in [0.25, 0.3) is 5.91 Å². The topological polar surface area (TPSA) is 82.5 Å². The molecule has 2 N–H and O–H groups in total. The first-order valence-electron chi connectivity index (χ1n) is 8.78. The molecule has 2 aromatic rings. The number of piperidine rings is 1. The predicted molar refractivity (Wildman–Crippen MR) is 102 cm³/mol. The first kappa shape index (κ1) is 18.4. The zero-order valence-electron chi connectivity index (χ0n) is 14.9. The summed E-state index contributed by atoms with van der Waals surface area (Å²) in [5, 5.41) is 12.2. The van der Waals surface area contributed by atoms with E-state index in [1.165, 1.54) is 11.3 Å². The van der Waals surface area contributed by atoms with Crippen LogP contribution in [0.2, 0.25) is 0 Å². The van der Waals surface area contributed by atoms with Gasteiger partial charge in [0, 0.05) is 13.1 Å². The molecule has 0 bridgehead atoms. The van der Waals surface area contributed by atoms with Gasteiger partial charge in [0.2, 0.25) is 0 Å². The monoisotopic (exact) mass is 373 g/mol. The molecule has 1 aromatic carbocycles. The van der Waals surface area contributed by atoms with Gasteiger partial charge >= 0.3 is 6.09 Å². The van der Waals surface area contributed by atoms with Crippen LogP contribution in [-0.2, 0) is 0 Å². The van der Waals surface area contributed by atoms with Gasteiger partial charge in [-0.2, -0.15) is 0 Å². The van der Waals surface area contributed by atoms with Gasteiger partial charge in [-0.25, -0.2) is 9.78 Å². The molecule has 2 amide bonds. The Morgan fingerprint density at radius 1 is 1.35 bits per heavy atom.